The van der Waals surface area contributed by atoms with Gasteiger partial charge < -0.3 is 9.32 Å². The Kier molecular flexibility index (Phi) is 5.07. The quantitative estimate of drug-likeness (QED) is 0.465. The Hall–Kier alpha value is -3.25. The molecule has 1 amide bonds. The Bertz CT molecular complexity index is 1020. The van der Waals surface area contributed by atoms with Crippen LogP contribution in [-0.4, -0.2) is 20.8 Å². The number of fused-ring (bicyclic) bond motifs is 1. The second kappa shape index (κ2) is 7.97. The molecule has 0 saturated carbocycles. The summed E-state index contributed by atoms with van der Waals surface area (Å²) in [5.41, 5.74) is 1.91. The normalized spacial score (nSPS) is 11.3. The van der Waals surface area contributed by atoms with E-state index in [0.29, 0.717) is 13.1 Å². The maximum absolute atomic E-state index is 12.8. The van der Waals surface area contributed by atoms with Crippen molar-refractivity contribution in [3.8, 4) is 0 Å². The van der Waals surface area contributed by atoms with Crippen LogP contribution in [0.4, 0.5) is 0 Å². The number of furan rings is 1. The highest BCUT2D eigenvalue weighted by molar-refractivity contribution is 7.19. The Morgan fingerprint density at radius 3 is 2.81 bits per heavy atom. The first kappa shape index (κ1) is 17.2. The smallest absolute Gasteiger partial charge is 0.247 e. The van der Waals surface area contributed by atoms with Gasteiger partial charge in [-0.15, -0.1) is 11.3 Å². The van der Waals surface area contributed by atoms with Crippen LogP contribution in [0.3, 0.4) is 0 Å². The fourth-order valence-electron chi connectivity index (χ4n) is 2.72. The topological polar surface area (TPSA) is 59.2 Å². The van der Waals surface area contributed by atoms with Gasteiger partial charge in [0.15, 0.2) is 0 Å². The lowest BCUT2D eigenvalue weighted by Gasteiger charge is -2.20. The number of rotatable bonds is 6. The summed E-state index contributed by atoms with van der Waals surface area (Å²) < 4.78 is 6.51. The van der Waals surface area contributed by atoms with Gasteiger partial charge in [0.25, 0.3) is 0 Å². The molecule has 0 radical (unpaired) electrons. The highest BCUT2D eigenvalue weighted by Gasteiger charge is 2.14. The molecule has 3 aromatic heterocycles. The van der Waals surface area contributed by atoms with Gasteiger partial charge in [-0.3, -0.25) is 9.78 Å². The SMILES string of the molecule is O=C(C=Cc1nc2ccccc2s1)N(Cc1cccnc1)Cc1ccco1. The number of pyridine rings is 1. The molecule has 1 aromatic carbocycles. The summed E-state index contributed by atoms with van der Waals surface area (Å²) in [6.07, 6.45) is 8.43. The number of amides is 1. The van der Waals surface area contributed by atoms with Crippen molar-refractivity contribution in [3.05, 3.63) is 89.6 Å². The number of nitrogens with zero attached hydrogens (tertiary/aromatic N) is 3. The van der Waals surface area contributed by atoms with Crippen molar-refractivity contribution in [1.82, 2.24) is 14.9 Å². The van der Waals surface area contributed by atoms with Gasteiger partial charge in [-0.25, -0.2) is 4.98 Å². The number of hydrogen-bond acceptors (Lipinski definition) is 5. The molecule has 0 aliphatic carbocycles. The average molecular weight is 375 g/mol. The summed E-state index contributed by atoms with van der Waals surface area (Å²) in [7, 11) is 0. The zero-order valence-electron chi connectivity index (χ0n) is 14.5. The highest BCUT2D eigenvalue weighted by atomic mass is 32.1. The molecule has 27 heavy (non-hydrogen) atoms. The van der Waals surface area contributed by atoms with Crippen molar-refractivity contribution in [2.24, 2.45) is 0 Å². The van der Waals surface area contributed by atoms with E-state index in [-0.39, 0.29) is 5.91 Å². The van der Waals surface area contributed by atoms with Crippen molar-refractivity contribution >= 4 is 33.5 Å². The monoisotopic (exact) mass is 375 g/mol. The number of hydrogen-bond donors (Lipinski definition) is 0. The van der Waals surface area contributed by atoms with Gasteiger partial charge in [0.2, 0.25) is 5.91 Å². The van der Waals surface area contributed by atoms with E-state index in [1.807, 2.05) is 48.5 Å². The van der Waals surface area contributed by atoms with Crippen LogP contribution in [0.25, 0.3) is 16.3 Å². The average Bonchev–Trinajstić information content (AvgIpc) is 3.35. The van der Waals surface area contributed by atoms with Crippen LogP contribution in [-0.2, 0) is 17.9 Å². The summed E-state index contributed by atoms with van der Waals surface area (Å²) in [5, 5.41) is 0.809. The lowest BCUT2D eigenvalue weighted by Crippen LogP contribution is -2.28. The third-order valence-corrected chi connectivity index (χ3v) is 5.02. The van der Waals surface area contributed by atoms with Crippen LogP contribution >= 0.6 is 11.3 Å². The maximum atomic E-state index is 12.8. The van der Waals surface area contributed by atoms with Gasteiger partial charge in [-0.05, 0) is 42.0 Å². The fraction of sp³-hybridized carbons (Fsp3) is 0.0952. The first-order chi connectivity index (χ1) is 13.3. The summed E-state index contributed by atoms with van der Waals surface area (Å²) in [6, 6.07) is 15.4. The molecule has 0 saturated heterocycles. The molecule has 3 heterocycles. The number of thiazole rings is 1. The molecule has 134 valence electrons. The predicted octanol–water partition coefficient (Wildman–Crippen LogP) is 4.53. The summed E-state index contributed by atoms with van der Waals surface area (Å²) in [4.78, 5) is 23.2. The van der Waals surface area contributed by atoms with Gasteiger partial charge in [0, 0.05) is 25.0 Å². The lowest BCUT2D eigenvalue weighted by atomic mass is 10.2. The maximum Gasteiger partial charge on any atom is 0.247 e. The molecular formula is C21H17N3O2S. The van der Waals surface area contributed by atoms with Crippen LogP contribution in [0, 0.1) is 0 Å². The highest BCUT2D eigenvalue weighted by Crippen LogP contribution is 2.22. The molecular weight excluding hydrogens is 358 g/mol. The van der Waals surface area contributed by atoms with Crippen molar-refractivity contribution in [2.45, 2.75) is 13.1 Å². The van der Waals surface area contributed by atoms with E-state index in [1.165, 1.54) is 0 Å². The first-order valence-electron chi connectivity index (χ1n) is 8.52. The molecule has 0 fully saturated rings. The molecule has 0 spiro atoms. The lowest BCUT2D eigenvalue weighted by molar-refractivity contribution is -0.127. The molecule has 0 bridgehead atoms. The molecule has 0 N–H and O–H groups in total. The minimum atomic E-state index is -0.102. The van der Waals surface area contributed by atoms with Gasteiger partial charge in [-0.2, -0.15) is 0 Å². The molecule has 4 rings (SSSR count). The summed E-state index contributed by atoms with van der Waals surface area (Å²) in [5.74, 6) is 0.634. The van der Waals surface area contributed by atoms with E-state index >= 15 is 0 Å². The predicted molar refractivity (Wildman–Crippen MR) is 106 cm³/mol. The summed E-state index contributed by atoms with van der Waals surface area (Å²) in [6.45, 7) is 0.850. The molecule has 4 aromatic rings. The Morgan fingerprint density at radius 2 is 2.04 bits per heavy atom. The number of para-hydroxylation sites is 1. The zero-order valence-corrected chi connectivity index (χ0v) is 15.3. The first-order valence-corrected chi connectivity index (χ1v) is 9.33. The van der Waals surface area contributed by atoms with Crippen molar-refractivity contribution in [3.63, 3.8) is 0 Å². The van der Waals surface area contributed by atoms with E-state index in [2.05, 4.69) is 9.97 Å². The van der Waals surface area contributed by atoms with Crippen LogP contribution in [0.5, 0.6) is 0 Å². The van der Waals surface area contributed by atoms with Crippen molar-refractivity contribution in [1.29, 1.82) is 0 Å². The van der Waals surface area contributed by atoms with Crippen LogP contribution < -0.4 is 0 Å². The van der Waals surface area contributed by atoms with Gasteiger partial charge in [0.05, 0.1) is 23.0 Å². The largest absolute Gasteiger partial charge is 0.467 e. The molecule has 0 aliphatic rings. The zero-order chi connectivity index (χ0) is 18.5. The fourth-order valence-corrected chi connectivity index (χ4v) is 3.59. The van der Waals surface area contributed by atoms with Crippen molar-refractivity contribution in [2.75, 3.05) is 0 Å². The minimum Gasteiger partial charge on any atom is -0.467 e. The van der Waals surface area contributed by atoms with E-state index in [0.717, 1.165) is 26.5 Å². The second-order valence-electron chi connectivity index (χ2n) is 5.99. The minimum absolute atomic E-state index is 0.102. The van der Waals surface area contributed by atoms with Crippen molar-refractivity contribution < 1.29 is 9.21 Å². The standard InChI is InChI=1S/C21H17N3O2S/c25-21(10-9-20-23-18-7-1-2-8-19(18)27-20)24(15-17-6-4-12-26-17)14-16-5-3-11-22-13-16/h1-13H,14-15H2. The second-order valence-corrected chi connectivity index (χ2v) is 7.05. The van der Waals surface area contributed by atoms with E-state index < -0.39 is 0 Å². The van der Waals surface area contributed by atoms with Gasteiger partial charge in [0.1, 0.15) is 10.8 Å². The Balaban J connectivity index is 1.53. The van der Waals surface area contributed by atoms with Gasteiger partial charge >= 0.3 is 0 Å². The third-order valence-electron chi connectivity index (χ3n) is 4.01. The Labute approximate surface area is 160 Å². The van der Waals surface area contributed by atoms with Gasteiger partial charge in [-0.1, -0.05) is 18.2 Å². The molecule has 0 unspecified atom stereocenters. The van der Waals surface area contributed by atoms with Crippen LogP contribution in [0.2, 0.25) is 0 Å². The molecule has 0 aliphatic heterocycles. The van der Waals surface area contributed by atoms with Crippen LogP contribution in [0.1, 0.15) is 16.3 Å². The van der Waals surface area contributed by atoms with E-state index in [4.69, 9.17) is 4.42 Å². The number of carbonyl (C=O) groups excluding carboxylic acids is 1. The Morgan fingerprint density at radius 1 is 1.11 bits per heavy atom. The van der Waals surface area contributed by atoms with Crippen LogP contribution in [0.15, 0.2) is 77.7 Å². The molecule has 6 heteroatoms. The number of aromatic nitrogens is 2. The molecule has 0 atom stereocenters. The number of benzene rings is 1. The van der Waals surface area contributed by atoms with E-state index in [9.17, 15) is 4.79 Å². The number of carbonyl (C=O) groups is 1. The third kappa shape index (κ3) is 4.30. The van der Waals surface area contributed by atoms with E-state index in [1.54, 1.807) is 47.0 Å². The summed E-state index contributed by atoms with van der Waals surface area (Å²) >= 11 is 1.56. The molecule has 5 nitrogen and oxygen atoms in total.